The highest BCUT2D eigenvalue weighted by atomic mass is 32.1. The van der Waals surface area contributed by atoms with E-state index in [9.17, 15) is 9.59 Å². The number of imide groups is 1. The summed E-state index contributed by atoms with van der Waals surface area (Å²) in [5.74, 6) is 0.820. The maximum absolute atomic E-state index is 11.7. The van der Waals surface area contributed by atoms with Gasteiger partial charge in [-0.15, -0.1) is 0 Å². The molecule has 3 nitrogen and oxygen atoms in total. The van der Waals surface area contributed by atoms with Crippen molar-refractivity contribution >= 4 is 24.4 Å². The fraction of sp³-hybridized carbons (Fsp3) is 0.818. The highest BCUT2D eigenvalue weighted by molar-refractivity contribution is 7.80. The van der Waals surface area contributed by atoms with Crippen LogP contribution >= 0.6 is 12.6 Å². The highest BCUT2D eigenvalue weighted by Gasteiger charge is 2.44. The summed E-state index contributed by atoms with van der Waals surface area (Å²) in [5.41, 5.74) is 0.152. The molecule has 2 fully saturated rings. The van der Waals surface area contributed by atoms with Crippen LogP contribution in [0.15, 0.2) is 0 Å². The van der Waals surface area contributed by atoms with Crippen LogP contribution in [0.3, 0.4) is 0 Å². The highest BCUT2D eigenvalue weighted by Crippen LogP contribution is 2.47. The zero-order chi connectivity index (χ0) is 10.9. The third-order valence-electron chi connectivity index (χ3n) is 3.42. The van der Waals surface area contributed by atoms with E-state index in [4.69, 9.17) is 0 Å². The molecular weight excluding hydrogens is 210 g/mol. The Kier molecular flexibility index (Phi) is 3.05. The maximum Gasteiger partial charge on any atom is 0.229 e. The van der Waals surface area contributed by atoms with Gasteiger partial charge in [-0.1, -0.05) is 0 Å². The number of hydrogen-bond donors (Lipinski definition) is 1. The van der Waals surface area contributed by atoms with Gasteiger partial charge in [-0.3, -0.25) is 14.5 Å². The SMILES string of the molecule is O=C1CCCCC(=O)N1CC1(CS)CC1. The topological polar surface area (TPSA) is 37.4 Å². The Labute approximate surface area is 95.6 Å². The molecule has 2 aliphatic rings. The number of likely N-dealkylation sites (tertiary alicyclic amines) is 1. The molecule has 1 aliphatic heterocycles. The molecule has 4 heteroatoms. The lowest BCUT2D eigenvalue weighted by atomic mass is 10.1. The standard InChI is InChI=1S/C11H17NO2S/c13-9-3-1-2-4-10(14)12(9)7-11(8-15)5-6-11/h15H,1-8H2. The Bertz CT molecular complexity index is 268. The van der Waals surface area contributed by atoms with E-state index in [0.29, 0.717) is 19.4 Å². The Hall–Kier alpha value is -0.510. The minimum atomic E-state index is 0.0190. The molecule has 0 aromatic rings. The number of carbonyl (C=O) groups excluding carboxylic acids is 2. The van der Waals surface area contributed by atoms with Crippen LogP contribution in [-0.4, -0.2) is 29.0 Å². The van der Waals surface area contributed by atoms with E-state index in [1.165, 1.54) is 4.90 Å². The molecule has 0 radical (unpaired) electrons. The number of amides is 2. The fourth-order valence-electron chi connectivity index (χ4n) is 2.02. The van der Waals surface area contributed by atoms with Crippen LogP contribution in [-0.2, 0) is 9.59 Å². The molecule has 15 heavy (non-hydrogen) atoms. The molecule has 1 heterocycles. The molecule has 0 atom stereocenters. The van der Waals surface area contributed by atoms with Crippen LogP contribution in [0.2, 0.25) is 0 Å². The van der Waals surface area contributed by atoms with E-state index in [-0.39, 0.29) is 17.2 Å². The molecule has 84 valence electrons. The Morgan fingerprint density at radius 2 is 1.67 bits per heavy atom. The number of carbonyl (C=O) groups is 2. The lowest BCUT2D eigenvalue weighted by molar-refractivity contribution is -0.144. The van der Waals surface area contributed by atoms with Gasteiger partial charge in [-0.05, 0) is 36.9 Å². The Morgan fingerprint density at radius 1 is 1.13 bits per heavy atom. The first kappa shape index (κ1) is 11.0. The van der Waals surface area contributed by atoms with E-state index in [1.54, 1.807) is 0 Å². The van der Waals surface area contributed by atoms with Gasteiger partial charge in [0, 0.05) is 19.4 Å². The van der Waals surface area contributed by atoms with Crippen molar-refractivity contribution in [1.29, 1.82) is 0 Å². The summed E-state index contributed by atoms with van der Waals surface area (Å²) >= 11 is 4.30. The molecular formula is C11H17NO2S. The van der Waals surface area contributed by atoms with Gasteiger partial charge >= 0.3 is 0 Å². The largest absolute Gasteiger partial charge is 0.282 e. The summed E-state index contributed by atoms with van der Waals surface area (Å²) < 4.78 is 0. The van der Waals surface area contributed by atoms with Crippen molar-refractivity contribution in [2.24, 2.45) is 5.41 Å². The molecule has 1 saturated carbocycles. The summed E-state index contributed by atoms with van der Waals surface area (Å²) in [6, 6.07) is 0. The van der Waals surface area contributed by atoms with Gasteiger partial charge in [-0.25, -0.2) is 0 Å². The van der Waals surface area contributed by atoms with E-state index in [2.05, 4.69) is 12.6 Å². The Balaban J connectivity index is 2.04. The molecule has 0 bridgehead atoms. The maximum atomic E-state index is 11.7. The van der Waals surface area contributed by atoms with E-state index >= 15 is 0 Å². The second-order valence-corrected chi connectivity index (χ2v) is 5.06. The normalized spacial score (nSPS) is 25.3. The number of nitrogens with zero attached hydrogens (tertiary/aromatic N) is 1. The van der Waals surface area contributed by atoms with E-state index in [1.807, 2.05) is 0 Å². The van der Waals surface area contributed by atoms with Crippen LogP contribution in [0, 0.1) is 5.41 Å². The minimum absolute atomic E-state index is 0.0190. The average Bonchev–Trinajstić information content (AvgIpc) is 3.01. The first-order valence-electron chi connectivity index (χ1n) is 5.61. The van der Waals surface area contributed by atoms with Crippen LogP contribution in [0.1, 0.15) is 38.5 Å². The van der Waals surface area contributed by atoms with Gasteiger partial charge in [0.15, 0.2) is 0 Å². The molecule has 2 rings (SSSR count). The van der Waals surface area contributed by atoms with Gasteiger partial charge in [0.1, 0.15) is 0 Å². The molecule has 0 unspecified atom stereocenters. The van der Waals surface area contributed by atoms with Gasteiger partial charge in [0.05, 0.1) is 0 Å². The van der Waals surface area contributed by atoms with Gasteiger partial charge < -0.3 is 0 Å². The van der Waals surface area contributed by atoms with Crippen molar-refractivity contribution in [1.82, 2.24) is 4.90 Å². The van der Waals surface area contributed by atoms with Crippen LogP contribution < -0.4 is 0 Å². The molecule has 0 aromatic heterocycles. The lowest BCUT2D eigenvalue weighted by Crippen LogP contribution is -2.40. The zero-order valence-electron chi connectivity index (χ0n) is 8.87. The molecule has 2 amide bonds. The summed E-state index contributed by atoms with van der Waals surface area (Å²) in [5, 5.41) is 0. The van der Waals surface area contributed by atoms with Crippen molar-refractivity contribution in [3.63, 3.8) is 0 Å². The third-order valence-corrected chi connectivity index (χ3v) is 4.09. The van der Waals surface area contributed by atoms with Crippen molar-refractivity contribution in [3.8, 4) is 0 Å². The fourth-order valence-corrected chi connectivity index (χ4v) is 2.43. The second kappa shape index (κ2) is 4.16. The van der Waals surface area contributed by atoms with Crippen molar-refractivity contribution < 1.29 is 9.59 Å². The summed E-state index contributed by atoms with van der Waals surface area (Å²) in [6.45, 7) is 0.605. The first-order valence-corrected chi connectivity index (χ1v) is 6.24. The molecule has 0 spiro atoms. The third kappa shape index (κ3) is 2.36. The minimum Gasteiger partial charge on any atom is -0.282 e. The van der Waals surface area contributed by atoms with Crippen molar-refractivity contribution in [2.45, 2.75) is 38.5 Å². The lowest BCUT2D eigenvalue weighted by Gasteiger charge is -2.23. The van der Waals surface area contributed by atoms with Crippen molar-refractivity contribution in [3.05, 3.63) is 0 Å². The van der Waals surface area contributed by atoms with Gasteiger partial charge in [-0.2, -0.15) is 12.6 Å². The molecule has 1 aliphatic carbocycles. The summed E-state index contributed by atoms with van der Waals surface area (Å²) in [4.78, 5) is 24.9. The second-order valence-electron chi connectivity index (χ2n) is 4.74. The van der Waals surface area contributed by atoms with Gasteiger partial charge in [0.2, 0.25) is 11.8 Å². The first-order chi connectivity index (χ1) is 7.17. The predicted molar refractivity (Wildman–Crippen MR) is 60.7 cm³/mol. The van der Waals surface area contributed by atoms with E-state index in [0.717, 1.165) is 31.4 Å². The number of hydrogen-bond acceptors (Lipinski definition) is 3. The van der Waals surface area contributed by atoms with Crippen LogP contribution in [0.5, 0.6) is 0 Å². The smallest absolute Gasteiger partial charge is 0.229 e. The molecule has 0 N–H and O–H groups in total. The number of thiol groups is 1. The number of rotatable bonds is 3. The monoisotopic (exact) mass is 227 g/mol. The predicted octanol–water partition coefficient (Wildman–Crippen LogP) is 1.63. The van der Waals surface area contributed by atoms with Crippen molar-refractivity contribution in [2.75, 3.05) is 12.3 Å². The summed E-state index contributed by atoms with van der Waals surface area (Å²) in [7, 11) is 0. The van der Waals surface area contributed by atoms with Crippen LogP contribution in [0.4, 0.5) is 0 Å². The molecule has 0 aromatic carbocycles. The quantitative estimate of drug-likeness (QED) is 0.587. The zero-order valence-corrected chi connectivity index (χ0v) is 9.76. The van der Waals surface area contributed by atoms with E-state index < -0.39 is 0 Å². The van der Waals surface area contributed by atoms with Gasteiger partial charge in [0.25, 0.3) is 0 Å². The molecule has 1 saturated heterocycles. The average molecular weight is 227 g/mol. The summed E-state index contributed by atoms with van der Waals surface area (Å²) in [6.07, 6.45) is 4.99. The Morgan fingerprint density at radius 3 is 2.07 bits per heavy atom. The van der Waals surface area contributed by atoms with Crippen LogP contribution in [0.25, 0.3) is 0 Å².